The maximum atomic E-state index is 13.7. The SMILES string of the molecule is CC(C)[C@@]1(F)CCC[C@@H]1N. The molecule has 1 aliphatic rings. The molecular weight excluding hydrogens is 129 g/mol. The van der Waals surface area contributed by atoms with Crippen molar-refractivity contribution in [3.8, 4) is 0 Å². The van der Waals surface area contributed by atoms with Gasteiger partial charge in [0, 0.05) is 6.04 Å². The Morgan fingerprint density at radius 2 is 2.20 bits per heavy atom. The Bertz CT molecular complexity index is 124. The quantitative estimate of drug-likeness (QED) is 0.598. The fourth-order valence-corrected chi connectivity index (χ4v) is 1.74. The first-order valence-electron chi connectivity index (χ1n) is 4.02. The Labute approximate surface area is 61.8 Å². The smallest absolute Gasteiger partial charge is 0.128 e. The van der Waals surface area contributed by atoms with Gasteiger partial charge in [0.1, 0.15) is 5.67 Å². The highest BCUT2D eigenvalue weighted by Gasteiger charge is 2.43. The van der Waals surface area contributed by atoms with E-state index in [1.54, 1.807) is 0 Å². The van der Waals surface area contributed by atoms with Crippen molar-refractivity contribution in [3.63, 3.8) is 0 Å². The second-order valence-corrected chi connectivity index (χ2v) is 3.58. The summed E-state index contributed by atoms with van der Waals surface area (Å²) in [6.07, 6.45) is 2.47. The van der Waals surface area contributed by atoms with Crippen molar-refractivity contribution in [1.29, 1.82) is 0 Å². The highest BCUT2D eigenvalue weighted by Crippen LogP contribution is 2.38. The van der Waals surface area contributed by atoms with Gasteiger partial charge in [0.2, 0.25) is 0 Å². The summed E-state index contributed by atoms with van der Waals surface area (Å²) in [5, 5.41) is 0. The van der Waals surface area contributed by atoms with E-state index < -0.39 is 5.67 Å². The summed E-state index contributed by atoms with van der Waals surface area (Å²) in [6.45, 7) is 3.82. The van der Waals surface area contributed by atoms with Crippen LogP contribution in [0.4, 0.5) is 4.39 Å². The van der Waals surface area contributed by atoms with Crippen LogP contribution in [0.5, 0.6) is 0 Å². The van der Waals surface area contributed by atoms with E-state index in [0.29, 0.717) is 6.42 Å². The van der Waals surface area contributed by atoms with Crippen LogP contribution >= 0.6 is 0 Å². The van der Waals surface area contributed by atoms with E-state index in [1.807, 2.05) is 13.8 Å². The molecule has 0 aromatic heterocycles. The summed E-state index contributed by atoms with van der Waals surface area (Å²) in [7, 11) is 0. The Balaban J connectivity index is 2.66. The number of nitrogens with two attached hydrogens (primary N) is 1. The third-order valence-electron chi connectivity index (χ3n) is 2.65. The zero-order valence-electron chi connectivity index (χ0n) is 6.73. The van der Waals surface area contributed by atoms with E-state index in [2.05, 4.69) is 0 Å². The molecule has 1 nitrogen and oxygen atoms in total. The van der Waals surface area contributed by atoms with Crippen LogP contribution in [-0.4, -0.2) is 11.7 Å². The summed E-state index contributed by atoms with van der Waals surface area (Å²) in [5.41, 5.74) is 4.57. The van der Waals surface area contributed by atoms with Gasteiger partial charge in [-0.05, 0) is 25.2 Å². The van der Waals surface area contributed by atoms with Gasteiger partial charge in [-0.15, -0.1) is 0 Å². The summed E-state index contributed by atoms with van der Waals surface area (Å²) in [4.78, 5) is 0. The van der Waals surface area contributed by atoms with Crippen LogP contribution in [-0.2, 0) is 0 Å². The molecule has 1 rings (SSSR count). The van der Waals surface area contributed by atoms with Crippen LogP contribution in [0.15, 0.2) is 0 Å². The highest BCUT2D eigenvalue weighted by molar-refractivity contribution is 4.97. The monoisotopic (exact) mass is 145 g/mol. The van der Waals surface area contributed by atoms with Crippen molar-refractivity contribution in [2.24, 2.45) is 11.7 Å². The van der Waals surface area contributed by atoms with Crippen LogP contribution in [0.25, 0.3) is 0 Å². The fraction of sp³-hybridized carbons (Fsp3) is 1.00. The molecule has 2 N–H and O–H groups in total. The molecule has 0 unspecified atom stereocenters. The van der Waals surface area contributed by atoms with E-state index in [0.717, 1.165) is 12.8 Å². The highest BCUT2D eigenvalue weighted by atomic mass is 19.1. The van der Waals surface area contributed by atoms with Crippen molar-refractivity contribution in [2.45, 2.75) is 44.8 Å². The van der Waals surface area contributed by atoms with E-state index in [-0.39, 0.29) is 12.0 Å². The van der Waals surface area contributed by atoms with Gasteiger partial charge in [0.05, 0.1) is 0 Å². The minimum Gasteiger partial charge on any atom is -0.325 e. The lowest BCUT2D eigenvalue weighted by molar-refractivity contribution is 0.0899. The molecule has 0 aromatic carbocycles. The molecule has 1 saturated carbocycles. The molecule has 2 heteroatoms. The van der Waals surface area contributed by atoms with Gasteiger partial charge in [-0.1, -0.05) is 13.8 Å². The minimum absolute atomic E-state index is 0.0741. The van der Waals surface area contributed by atoms with E-state index in [4.69, 9.17) is 5.73 Å². The summed E-state index contributed by atoms with van der Waals surface area (Å²) in [5.74, 6) is 0.0741. The molecule has 0 aliphatic heterocycles. The predicted molar refractivity (Wildman–Crippen MR) is 40.5 cm³/mol. The van der Waals surface area contributed by atoms with Gasteiger partial charge in [0.15, 0.2) is 0 Å². The molecule has 0 saturated heterocycles. The lowest BCUT2D eigenvalue weighted by Gasteiger charge is -2.28. The average Bonchev–Trinajstić information content (AvgIpc) is 2.15. The maximum absolute atomic E-state index is 13.7. The van der Waals surface area contributed by atoms with Crippen LogP contribution in [0.3, 0.4) is 0 Å². The Kier molecular flexibility index (Phi) is 1.99. The molecule has 0 radical (unpaired) electrons. The molecular formula is C8H16FN. The second-order valence-electron chi connectivity index (χ2n) is 3.58. The standard InChI is InChI=1S/C8H16FN/c1-6(2)8(9)5-3-4-7(8)10/h6-7H,3-5,10H2,1-2H3/t7-,8-/m0/s1. The Morgan fingerprint density at radius 3 is 2.40 bits per heavy atom. The summed E-state index contributed by atoms with van der Waals surface area (Å²) in [6, 6.07) is -0.215. The third kappa shape index (κ3) is 1.05. The number of halogens is 1. The molecule has 1 fully saturated rings. The zero-order valence-corrected chi connectivity index (χ0v) is 6.73. The van der Waals surface area contributed by atoms with E-state index in [9.17, 15) is 4.39 Å². The topological polar surface area (TPSA) is 26.0 Å². The Morgan fingerprint density at radius 1 is 1.60 bits per heavy atom. The van der Waals surface area contributed by atoms with Crippen LogP contribution in [0.1, 0.15) is 33.1 Å². The Hall–Kier alpha value is -0.110. The van der Waals surface area contributed by atoms with E-state index in [1.165, 1.54) is 0 Å². The van der Waals surface area contributed by atoms with Crippen molar-refractivity contribution in [3.05, 3.63) is 0 Å². The molecule has 2 atom stereocenters. The first-order valence-corrected chi connectivity index (χ1v) is 4.02. The van der Waals surface area contributed by atoms with Crippen molar-refractivity contribution in [2.75, 3.05) is 0 Å². The molecule has 0 heterocycles. The molecule has 1 aliphatic carbocycles. The molecule has 0 aromatic rings. The van der Waals surface area contributed by atoms with Crippen LogP contribution in [0, 0.1) is 5.92 Å². The van der Waals surface area contributed by atoms with Crippen molar-refractivity contribution in [1.82, 2.24) is 0 Å². The lowest BCUT2D eigenvalue weighted by atomic mass is 9.88. The third-order valence-corrected chi connectivity index (χ3v) is 2.65. The number of rotatable bonds is 1. The second kappa shape index (κ2) is 2.50. The van der Waals surface area contributed by atoms with Gasteiger partial charge < -0.3 is 5.73 Å². The van der Waals surface area contributed by atoms with Gasteiger partial charge in [-0.3, -0.25) is 0 Å². The van der Waals surface area contributed by atoms with E-state index >= 15 is 0 Å². The molecule has 0 spiro atoms. The minimum atomic E-state index is -1.07. The number of hydrogen-bond acceptors (Lipinski definition) is 1. The van der Waals surface area contributed by atoms with Crippen LogP contribution < -0.4 is 5.73 Å². The molecule has 10 heavy (non-hydrogen) atoms. The normalized spacial score (nSPS) is 41.1. The average molecular weight is 145 g/mol. The largest absolute Gasteiger partial charge is 0.325 e. The predicted octanol–water partition coefficient (Wildman–Crippen LogP) is 1.86. The maximum Gasteiger partial charge on any atom is 0.128 e. The first kappa shape index (κ1) is 7.99. The summed E-state index contributed by atoms with van der Waals surface area (Å²) >= 11 is 0. The molecule has 0 amide bonds. The van der Waals surface area contributed by atoms with Crippen molar-refractivity contribution >= 4 is 0 Å². The number of alkyl halides is 1. The number of hydrogen-bond donors (Lipinski definition) is 1. The van der Waals surface area contributed by atoms with Crippen LogP contribution in [0.2, 0.25) is 0 Å². The lowest BCUT2D eigenvalue weighted by Crippen LogP contribution is -2.43. The van der Waals surface area contributed by atoms with Gasteiger partial charge >= 0.3 is 0 Å². The zero-order chi connectivity index (χ0) is 7.78. The molecule has 0 bridgehead atoms. The molecule has 60 valence electrons. The first-order chi connectivity index (χ1) is 4.57. The van der Waals surface area contributed by atoms with Gasteiger partial charge in [-0.2, -0.15) is 0 Å². The summed E-state index contributed by atoms with van der Waals surface area (Å²) < 4.78 is 13.7. The van der Waals surface area contributed by atoms with Gasteiger partial charge in [-0.25, -0.2) is 4.39 Å². The van der Waals surface area contributed by atoms with Crippen molar-refractivity contribution < 1.29 is 4.39 Å². The van der Waals surface area contributed by atoms with Gasteiger partial charge in [0.25, 0.3) is 0 Å². The fourth-order valence-electron chi connectivity index (χ4n) is 1.74.